The summed E-state index contributed by atoms with van der Waals surface area (Å²) in [4.78, 5) is 20.7. The molecule has 126 valence electrons. The third-order valence-corrected chi connectivity index (χ3v) is 3.86. The maximum Gasteiger partial charge on any atom is 0.275 e. The lowest BCUT2D eigenvalue weighted by Gasteiger charge is -2.10. The zero-order chi connectivity index (χ0) is 17.6. The standard InChI is InChI=1S/C19H17ClN4O/c1-2-13-6-3-4-9-16(13)24-18-12-21-17(11-22-18)19(25)23-15-8-5-7-14(20)10-15/h3-12H,2H2,1H3,(H,22,24)(H,23,25). The summed E-state index contributed by atoms with van der Waals surface area (Å²) >= 11 is 5.91. The molecule has 0 saturated heterocycles. The van der Waals surface area contributed by atoms with E-state index in [-0.39, 0.29) is 11.6 Å². The van der Waals surface area contributed by atoms with Crippen molar-refractivity contribution >= 4 is 34.7 Å². The van der Waals surface area contributed by atoms with Crippen LogP contribution in [0, 0.1) is 0 Å². The van der Waals surface area contributed by atoms with Crippen molar-refractivity contribution in [3.63, 3.8) is 0 Å². The molecule has 0 aliphatic heterocycles. The van der Waals surface area contributed by atoms with Crippen LogP contribution in [-0.4, -0.2) is 15.9 Å². The molecule has 0 aliphatic carbocycles. The maximum absolute atomic E-state index is 12.2. The first kappa shape index (κ1) is 16.9. The van der Waals surface area contributed by atoms with Gasteiger partial charge >= 0.3 is 0 Å². The van der Waals surface area contributed by atoms with Crippen LogP contribution in [0.1, 0.15) is 23.0 Å². The second-order valence-electron chi connectivity index (χ2n) is 5.39. The van der Waals surface area contributed by atoms with E-state index >= 15 is 0 Å². The van der Waals surface area contributed by atoms with E-state index in [4.69, 9.17) is 11.6 Å². The molecule has 0 aliphatic rings. The molecule has 0 fully saturated rings. The minimum Gasteiger partial charge on any atom is -0.339 e. The molecule has 25 heavy (non-hydrogen) atoms. The molecule has 0 bridgehead atoms. The second-order valence-corrected chi connectivity index (χ2v) is 5.82. The van der Waals surface area contributed by atoms with E-state index in [9.17, 15) is 4.79 Å². The van der Waals surface area contributed by atoms with Gasteiger partial charge < -0.3 is 10.6 Å². The van der Waals surface area contributed by atoms with Crippen LogP contribution in [0.2, 0.25) is 5.02 Å². The van der Waals surface area contributed by atoms with E-state index in [0.717, 1.165) is 12.1 Å². The lowest BCUT2D eigenvalue weighted by atomic mass is 10.1. The average Bonchev–Trinajstić information content (AvgIpc) is 2.63. The predicted molar refractivity (Wildman–Crippen MR) is 101 cm³/mol. The van der Waals surface area contributed by atoms with Crippen molar-refractivity contribution in [2.24, 2.45) is 0 Å². The van der Waals surface area contributed by atoms with Crippen LogP contribution >= 0.6 is 11.6 Å². The molecule has 0 atom stereocenters. The number of rotatable bonds is 5. The molecule has 3 rings (SSSR count). The molecule has 0 spiro atoms. The fraction of sp³-hybridized carbons (Fsp3) is 0.105. The fourth-order valence-corrected chi connectivity index (χ4v) is 2.55. The number of hydrogen-bond donors (Lipinski definition) is 2. The molecule has 1 heterocycles. The van der Waals surface area contributed by atoms with Gasteiger partial charge in [0.2, 0.25) is 0 Å². The molecule has 6 heteroatoms. The Kier molecular flexibility index (Phi) is 5.26. The number of nitrogens with one attached hydrogen (secondary N) is 2. The monoisotopic (exact) mass is 352 g/mol. The lowest BCUT2D eigenvalue weighted by molar-refractivity contribution is 0.102. The number of aromatic nitrogens is 2. The quantitative estimate of drug-likeness (QED) is 0.699. The van der Waals surface area contributed by atoms with Gasteiger partial charge in [0.25, 0.3) is 5.91 Å². The molecule has 2 N–H and O–H groups in total. The van der Waals surface area contributed by atoms with Crippen molar-refractivity contribution in [2.45, 2.75) is 13.3 Å². The van der Waals surface area contributed by atoms with Crippen molar-refractivity contribution < 1.29 is 4.79 Å². The van der Waals surface area contributed by atoms with E-state index in [0.29, 0.717) is 16.5 Å². The fourth-order valence-electron chi connectivity index (χ4n) is 2.36. The SMILES string of the molecule is CCc1ccccc1Nc1cnc(C(=O)Nc2cccc(Cl)c2)cn1. The summed E-state index contributed by atoms with van der Waals surface area (Å²) in [6.07, 6.45) is 3.90. The molecular weight excluding hydrogens is 336 g/mol. The van der Waals surface area contributed by atoms with Gasteiger partial charge in [0.1, 0.15) is 11.5 Å². The predicted octanol–water partition coefficient (Wildman–Crippen LogP) is 4.69. The molecule has 3 aromatic rings. The van der Waals surface area contributed by atoms with Crippen LogP contribution in [0.5, 0.6) is 0 Å². The number of nitrogens with zero attached hydrogens (tertiary/aromatic N) is 2. The Labute approximate surface area is 151 Å². The highest BCUT2D eigenvalue weighted by Crippen LogP contribution is 2.20. The van der Waals surface area contributed by atoms with E-state index in [1.54, 1.807) is 30.5 Å². The third kappa shape index (κ3) is 4.33. The lowest BCUT2D eigenvalue weighted by Crippen LogP contribution is -2.14. The molecule has 1 amide bonds. The van der Waals surface area contributed by atoms with Gasteiger partial charge in [0, 0.05) is 16.4 Å². The maximum atomic E-state index is 12.2. The molecule has 0 saturated carbocycles. The molecule has 1 aromatic heterocycles. The van der Waals surface area contributed by atoms with E-state index in [1.807, 2.05) is 18.2 Å². The van der Waals surface area contributed by atoms with Crippen molar-refractivity contribution in [3.05, 3.63) is 77.2 Å². The Morgan fingerprint density at radius 1 is 1.08 bits per heavy atom. The molecular formula is C19H17ClN4O. The number of halogens is 1. The van der Waals surface area contributed by atoms with Crippen LogP contribution in [0.25, 0.3) is 0 Å². The zero-order valence-corrected chi connectivity index (χ0v) is 14.4. The Morgan fingerprint density at radius 3 is 2.64 bits per heavy atom. The van der Waals surface area contributed by atoms with Gasteiger partial charge in [-0.05, 0) is 36.2 Å². The summed E-state index contributed by atoms with van der Waals surface area (Å²) in [7, 11) is 0. The van der Waals surface area contributed by atoms with E-state index in [1.165, 1.54) is 11.8 Å². The summed E-state index contributed by atoms with van der Waals surface area (Å²) in [5, 5.41) is 6.52. The highest BCUT2D eigenvalue weighted by atomic mass is 35.5. The summed E-state index contributed by atoms with van der Waals surface area (Å²) in [6.45, 7) is 2.09. The van der Waals surface area contributed by atoms with Gasteiger partial charge in [-0.15, -0.1) is 0 Å². The van der Waals surface area contributed by atoms with Crippen molar-refractivity contribution in [1.29, 1.82) is 0 Å². The van der Waals surface area contributed by atoms with Gasteiger partial charge in [-0.25, -0.2) is 9.97 Å². The highest BCUT2D eigenvalue weighted by Gasteiger charge is 2.09. The van der Waals surface area contributed by atoms with Crippen molar-refractivity contribution in [1.82, 2.24) is 9.97 Å². The molecule has 2 aromatic carbocycles. The second kappa shape index (κ2) is 7.77. The van der Waals surface area contributed by atoms with Crippen LogP contribution in [0.3, 0.4) is 0 Å². The summed E-state index contributed by atoms with van der Waals surface area (Å²) < 4.78 is 0. The highest BCUT2D eigenvalue weighted by molar-refractivity contribution is 6.30. The number of carbonyl (C=O) groups excluding carboxylic acids is 1. The third-order valence-electron chi connectivity index (χ3n) is 3.63. The number of amides is 1. The summed E-state index contributed by atoms with van der Waals surface area (Å²) in [5.41, 5.74) is 3.01. The number of benzene rings is 2. The number of aryl methyl sites for hydroxylation is 1. The summed E-state index contributed by atoms with van der Waals surface area (Å²) in [6, 6.07) is 14.9. The Balaban J connectivity index is 1.70. The number of carbonyl (C=O) groups is 1. The molecule has 0 unspecified atom stereocenters. The first-order valence-electron chi connectivity index (χ1n) is 7.89. The van der Waals surface area contributed by atoms with Crippen molar-refractivity contribution in [3.8, 4) is 0 Å². The van der Waals surface area contributed by atoms with Gasteiger partial charge in [0.05, 0.1) is 12.4 Å². The molecule has 5 nitrogen and oxygen atoms in total. The number of para-hydroxylation sites is 1. The summed E-state index contributed by atoms with van der Waals surface area (Å²) in [5.74, 6) is 0.246. The van der Waals surface area contributed by atoms with Crippen LogP contribution < -0.4 is 10.6 Å². The first-order valence-corrected chi connectivity index (χ1v) is 8.27. The topological polar surface area (TPSA) is 66.9 Å². The van der Waals surface area contributed by atoms with E-state index < -0.39 is 0 Å². The van der Waals surface area contributed by atoms with E-state index in [2.05, 4.69) is 33.6 Å². The molecule has 0 radical (unpaired) electrons. The van der Waals surface area contributed by atoms with Crippen LogP contribution in [-0.2, 0) is 6.42 Å². The average molecular weight is 353 g/mol. The Morgan fingerprint density at radius 2 is 1.92 bits per heavy atom. The largest absolute Gasteiger partial charge is 0.339 e. The van der Waals surface area contributed by atoms with Gasteiger partial charge in [0.15, 0.2) is 0 Å². The number of anilines is 3. The van der Waals surface area contributed by atoms with Gasteiger partial charge in [-0.2, -0.15) is 0 Å². The van der Waals surface area contributed by atoms with Crippen molar-refractivity contribution in [2.75, 3.05) is 10.6 Å². The van der Waals surface area contributed by atoms with Gasteiger partial charge in [-0.1, -0.05) is 42.8 Å². The normalized spacial score (nSPS) is 10.3. The zero-order valence-electron chi connectivity index (χ0n) is 13.7. The number of hydrogen-bond acceptors (Lipinski definition) is 4. The van der Waals surface area contributed by atoms with Crippen LogP contribution in [0.4, 0.5) is 17.2 Å². The minimum absolute atomic E-state index is 0.231. The van der Waals surface area contributed by atoms with Gasteiger partial charge in [-0.3, -0.25) is 4.79 Å². The Bertz CT molecular complexity index is 881. The smallest absolute Gasteiger partial charge is 0.275 e. The van der Waals surface area contributed by atoms with Crippen LogP contribution in [0.15, 0.2) is 60.9 Å². The Hall–Kier alpha value is -2.92. The minimum atomic E-state index is -0.338. The first-order chi connectivity index (χ1) is 12.2.